The first-order valence-electron chi connectivity index (χ1n) is 9.26. The number of carbonyl (C=O) groups is 1. The van der Waals surface area contributed by atoms with E-state index < -0.39 is 20.5 Å². The SMILES string of the molecule is Cc1c(C)c(O[Si](C)(C)C(C)(C)C)c(CCCO)c(C)c1OC(=O)C(F)(F)F. The molecule has 0 heterocycles. The van der Waals surface area contributed by atoms with Crippen LogP contribution in [0.15, 0.2) is 0 Å². The Morgan fingerprint density at radius 2 is 1.50 bits per heavy atom. The van der Waals surface area contributed by atoms with Crippen LogP contribution in [0.3, 0.4) is 0 Å². The minimum atomic E-state index is -5.08. The fraction of sp³-hybridized carbons (Fsp3) is 0.650. The van der Waals surface area contributed by atoms with Crippen molar-refractivity contribution in [3.8, 4) is 11.5 Å². The van der Waals surface area contributed by atoms with Crippen LogP contribution in [0.5, 0.6) is 11.5 Å². The number of aliphatic hydroxyl groups is 1. The number of carbonyl (C=O) groups excluding carboxylic acids is 1. The Balaban J connectivity index is 3.59. The van der Waals surface area contributed by atoms with Gasteiger partial charge in [-0.2, -0.15) is 13.2 Å². The Morgan fingerprint density at radius 1 is 1.00 bits per heavy atom. The lowest BCUT2D eigenvalue weighted by Crippen LogP contribution is -2.44. The Bertz CT molecular complexity index is 735. The number of hydrogen-bond donors (Lipinski definition) is 1. The van der Waals surface area contributed by atoms with Crippen LogP contribution in [0.2, 0.25) is 18.1 Å². The number of halogens is 3. The van der Waals surface area contributed by atoms with E-state index in [0.717, 1.165) is 0 Å². The zero-order valence-corrected chi connectivity index (χ0v) is 18.9. The second-order valence-electron chi connectivity index (χ2n) is 8.59. The molecule has 0 saturated carbocycles. The van der Waals surface area contributed by atoms with E-state index in [4.69, 9.17) is 9.16 Å². The molecule has 0 unspecified atom stereocenters. The van der Waals surface area contributed by atoms with Crippen molar-refractivity contribution in [2.75, 3.05) is 6.61 Å². The molecule has 4 nitrogen and oxygen atoms in total. The van der Waals surface area contributed by atoms with E-state index in [2.05, 4.69) is 33.9 Å². The summed E-state index contributed by atoms with van der Waals surface area (Å²) in [6.07, 6.45) is -4.25. The first-order valence-corrected chi connectivity index (χ1v) is 12.2. The topological polar surface area (TPSA) is 55.8 Å². The van der Waals surface area contributed by atoms with Crippen molar-refractivity contribution >= 4 is 14.3 Å². The van der Waals surface area contributed by atoms with Crippen molar-refractivity contribution in [3.05, 3.63) is 22.3 Å². The largest absolute Gasteiger partial charge is 0.543 e. The molecule has 1 N–H and O–H groups in total. The first-order chi connectivity index (χ1) is 12.5. The third-order valence-corrected chi connectivity index (χ3v) is 9.81. The summed E-state index contributed by atoms with van der Waals surface area (Å²) in [6, 6.07) is 0. The molecule has 0 aromatic heterocycles. The zero-order chi connectivity index (χ0) is 22.1. The molecule has 160 valence electrons. The van der Waals surface area contributed by atoms with Crippen molar-refractivity contribution in [1.29, 1.82) is 0 Å². The third-order valence-electron chi connectivity index (χ3n) is 5.49. The molecule has 1 aromatic rings. The molecule has 0 aliphatic heterocycles. The lowest BCUT2D eigenvalue weighted by Gasteiger charge is -2.38. The monoisotopic (exact) mass is 420 g/mol. The summed E-state index contributed by atoms with van der Waals surface area (Å²) in [5.74, 6) is -1.71. The van der Waals surface area contributed by atoms with Crippen molar-refractivity contribution in [3.63, 3.8) is 0 Å². The van der Waals surface area contributed by atoms with Gasteiger partial charge in [0.1, 0.15) is 11.5 Å². The smallest absolute Gasteiger partial charge is 0.491 e. The molecule has 0 radical (unpaired) electrons. The number of esters is 1. The van der Waals surface area contributed by atoms with Gasteiger partial charge in [0.2, 0.25) is 0 Å². The fourth-order valence-corrected chi connectivity index (χ4v) is 3.66. The quantitative estimate of drug-likeness (QED) is 0.381. The lowest BCUT2D eigenvalue weighted by molar-refractivity contribution is -0.189. The van der Waals surface area contributed by atoms with Crippen LogP contribution in [0.4, 0.5) is 13.2 Å². The Labute approximate surface area is 166 Å². The van der Waals surface area contributed by atoms with Gasteiger partial charge in [-0.1, -0.05) is 20.8 Å². The number of ether oxygens (including phenoxy) is 1. The molecule has 28 heavy (non-hydrogen) atoms. The molecule has 0 aliphatic rings. The van der Waals surface area contributed by atoms with Gasteiger partial charge in [-0.05, 0) is 74.0 Å². The minimum absolute atomic E-state index is 0.0659. The molecule has 1 aromatic carbocycles. The minimum Gasteiger partial charge on any atom is -0.543 e. The average Bonchev–Trinajstić information content (AvgIpc) is 2.53. The van der Waals surface area contributed by atoms with E-state index in [9.17, 15) is 23.1 Å². The van der Waals surface area contributed by atoms with Crippen molar-refractivity contribution in [2.24, 2.45) is 0 Å². The van der Waals surface area contributed by atoms with Gasteiger partial charge in [0, 0.05) is 6.61 Å². The van der Waals surface area contributed by atoms with E-state index in [1.165, 1.54) is 0 Å². The number of aliphatic hydroxyl groups excluding tert-OH is 1. The van der Waals surface area contributed by atoms with Crippen LogP contribution in [-0.2, 0) is 11.2 Å². The van der Waals surface area contributed by atoms with Crippen LogP contribution >= 0.6 is 0 Å². The molecule has 0 atom stereocenters. The molecule has 0 bridgehead atoms. The van der Waals surface area contributed by atoms with E-state index >= 15 is 0 Å². The van der Waals surface area contributed by atoms with Crippen LogP contribution in [0, 0.1) is 20.8 Å². The summed E-state index contributed by atoms with van der Waals surface area (Å²) in [7, 11) is -2.22. The maximum absolute atomic E-state index is 12.7. The summed E-state index contributed by atoms with van der Waals surface area (Å²) in [5.41, 5.74) is 2.19. The predicted molar refractivity (Wildman–Crippen MR) is 106 cm³/mol. The van der Waals surface area contributed by atoms with Crippen LogP contribution in [-0.4, -0.2) is 32.2 Å². The molecule has 0 fully saturated rings. The van der Waals surface area contributed by atoms with Crippen LogP contribution in [0.1, 0.15) is 49.4 Å². The summed E-state index contributed by atoms with van der Waals surface area (Å²) in [6.45, 7) is 15.4. The Morgan fingerprint density at radius 3 is 1.93 bits per heavy atom. The van der Waals surface area contributed by atoms with Gasteiger partial charge in [0.25, 0.3) is 8.32 Å². The van der Waals surface area contributed by atoms with Gasteiger partial charge in [0.05, 0.1) is 0 Å². The molecular weight excluding hydrogens is 389 g/mol. The average molecular weight is 421 g/mol. The lowest BCUT2D eigenvalue weighted by atomic mass is 9.94. The van der Waals surface area contributed by atoms with Gasteiger partial charge in [-0.25, -0.2) is 4.79 Å². The second-order valence-corrected chi connectivity index (χ2v) is 13.3. The number of benzene rings is 1. The highest BCUT2D eigenvalue weighted by molar-refractivity contribution is 6.74. The highest BCUT2D eigenvalue weighted by atomic mass is 28.4. The Hall–Kier alpha value is -1.54. The number of rotatable bonds is 6. The summed E-state index contributed by atoms with van der Waals surface area (Å²) < 4.78 is 49.4. The zero-order valence-electron chi connectivity index (χ0n) is 17.9. The molecule has 1 rings (SSSR count). The van der Waals surface area contributed by atoms with E-state index in [0.29, 0.717) is 40.8 Å². The summed E-state index contributed by atoms with van der Waals surface area (Å²) >= 11 is 0. The van der Waals surface area contributed by atoms with E-state index in [1.807, 2.05) is 0 Å². The summed E-state index contributed by atoms with van der Waals surface area (Å²) in [4.78, 5) is 11.4. The number of alkyl halides is 3. The molecule has 0 saturated heterocycles. The normalized spacial score (nSPS) is 12.9. The van der Waals surface area contributed by atoms with Gasteiger partial charge in [-0.3, -0.25) is 0 Å². The molecule has 8 heteroatoms. The highest BCUT2D eigenvalue weighted by Gasteiger charge is 2.43. The maximum Gasteiger partial charge on any atom is 0.491 e. The van der Waals surface area contributed by atoms with Gasteiger partial charge < -0.3 is 14.3 Å². The van der Waals surface area contributed by atoms with Crippen LogP contribution in [0.25, 0.3) is 0 Å². The predicted octanol–water partition coefficient (Wildman–Crippen LogP) is 5.39. The van der Waals surface area contributed by atoms with Crippen molar-refractivity contribution in [2.45, 2.75) is 78.7 Å². The first kappa shape index (κ1) is 24.5. The standard InChI is InChI=1S/C20H31F3O4Si/c1-12-13(2)17(27-28(7,8)19(4,5)6)15(10-9-11-24)14(3)16(12)26-18(25)20(21,22)23/h24H,9-11H2,1-8H3. The van der Waals surface area contributed by atoms with Crippen LogP contribution < -0.4 is 9.16 Å². The van der Waals surface area contributed by atoms with Gasteiger partial charge >= 0.3 is 12.1 Å². The van der Waals surface area contributed by atoms with Gasteiger partial charge in [0.15, 0.2) is 0 Å². The molecular formula is C20H31F3O4Si. The fourth-order valence-electron chi connectivity index (χ4n) is 2.56. The van der Waals surface area contributed by atoms with E-state index in [1.54, 1.807) is 20.8 Å². The third kappa shape index (κ3) is 5.29. The van der Waals surface area contributed by atoms with Crippen molar-refractivity contribution in [1.82, 2.24) is 0 Å². The number of hydrogen-bond acceptors (Lipinski definition) is 4. The second kappa shape index (κ2) is 8.45. The molecule has 0 amide bonds. The maximum atomic E-state index is 12.7. The Kier molecular flexibility index (Phi) is 7.39. The summed E-state index contributed by atoms with van der Waals surface area (Å²) in [5, 5.41) is 9.18. The highest BCUT2D eigenvalue weighted by Crippen LogP contribution is 2.44. The van der Waals surface area contributed by atoms with Gasteiger partial charge in [-0.15, -0.1) is 0 Å². The molecule has 0 aliphatic carbocycles. The molecule has 0 spiro atoms. The van der Waals surface area contributed by atoms with Crippen molar-refractivity contribution < 1.29 is 32.2 Å². The van der Waals surface area contributed by atoms with E-state index in [-0.39, 0.29) is 17.4 Å².